The number of aliphatic imine (C=N–C) groups is 1. The van der Waals surface area contributed by atoms with Gasteiger partial charge in [-0.05, 0) is 55.0 Å². The number of likely N-dealkylation sites (tertiary alicyclic amines) is 1. The van der Waals surface area contributed by atoms with E-state index in [1.165, 1.54) is 11.1 Å². The molecule has 4 rings (SSSR count). The Morgan fingerprint density at radius 3 is 2.48 bits per heavy atom. The molecule has 2 aromatic carbocycles. The van der Waals surface area contributed by atoms with Gasteiger partial charge in [-0.25, -0.2) is 9.79 Å². The Morgan fingerprint density at radius 1 is 1.00 bits per heavy atom. The monoisotopic (exact) mass is 559 g/mol. The molecule has 0 saturated carbocycles. The van der Waals surface area contributed by atoms with E-state index in [9.17, 15) is 4.79 Å². The lowest BCUT2D eigenvalue weighted by Gasteiger charge is -2.30. The first kappa shape index (κ1) is 25.1. The number of halogens is 1. The largest absolute Gasteiger partial charge is 0.356 e. The predicted molar refractivity (Wildman–Crippen MR) is 147 cm³/mol. The first-order valence-electron chi connectivity index (χ1n) is 11.7. The molecular weight excluding hydrogens is 525 g/mol. The Bertz CT molecular complexity index is 970. The molecule has 176 valence electrons. The molecule has 33 heavy (non-hydrogen) atoms. The molecule has 0 radical (unpaired) electrons. The smallest absolute Gasteiger partial charge is 0.321 e. The molecule has 2 N–H and O–H groups in total. The van der Waals surface area contributed by atoms with Crippen molar-refractivity contribution in [3.05, 3.63) is 71.8 Å². The number of carbonyl (C=O) groups excluding carboxylic acids is 1. The van der Waals surface area contributed by atoms with Crippen LogP contribution in [0, 0.1) is 0 Å². The van der Waals surface area contributed by atoms with E-state index < -0.39 is 0 Å². The van der Waals surface area contributed by atoms with Gasteiger partial charge in [0.05, 0.1) is 6.54 Å². The van der Waals surface area contributed by atoms with Crippen LogP contribution in [0.1, 0.15) is 37.3 Å². The Hall–Kier alpha value is -2.55. The molecule has 6 nitrogen and oxygen atoms in total. The van der Waals surface area contributed by atoms with Crippen molar-refractivity contribution in [2.75, 3.05) is 38.0 Å². The van der Waals surface area contributed by atoms with E-state index in [1.54, 1.807) is 0 Å². The van der Waals surface area contributed by atoms with Crippen LogP contribution in [0.3, 0.4) is 0 Å². The van der Waals surface area contributed by atoms with Crippen molar-refractivity contribution >= 4 is 47.2 Å². The number of hydrogen-bond acceptors (Lipinski definition) is 2. The molecule has 0 aliphatic carbocycles. The van der Waals surface area contributed by atoms with Crippen LogP contribution in [0.2, 0.25) is 0 Å². The van der Waals surface area contributed by atoms with Crippen molar-refractivity contribution < 1.29 is 4.79 Å². The van der Waals surface area contributed by atoms with Gasteiger partial charge in [0.25, 0.3) is 0 Å². The molecule has 2 amide bonds. The average Bonchev–Trinajstić information content (AvgIpc) is 3.38. The fourth-order valence-corrected chi connectivity index (χ4v) is 4.24. The van der Waals surface area contributed by atoms with Gasteiger partial charge in [-0.1, -0.05) is 48.5 Å². The van der Waals surface area contributed by atoms with E-state index in [0.717, 1.165) is 69.2 Å². The quantitative estimate of drug-likeness (QED) is 0.301. The van der Waals surface area contributed by atoms with Gasteiger partial charge in [0.2, 0.25) is 0 Å². The number of carbonyl (C=O) groups is 1. The zero-order chi connectivity index (χ0) is 22.2. The summed E-state index contributed by atoms with van der Waals surface area (Å²) in [6, 6.07) is 18.6. The number of nitrogens with zero attached hydrogens (tertiary/aromatic N) is 3. The SMILES string of the molecule is CCNC(=NCc1cccc(NC(=O)N2CCCC2)c1)N1CC=C(c2ccccc2)CC1.I. The number of hydrogen-bond donors (Lipinski definition) is 2. The summed E-state index contributed by atoms with van der Waals surface area (Å²) >= 11 is 0. The summed E-state index contributed by atoms with van der Waals surface area (Å²) in [6.45, 7) is 6.98. The zero-order valence-corrected chi connectivity index (χ0v) is 21.6. The van der Waals surface area contributed by atoms with Crippen LogP contribution in [0.5, 0.6) is 0 Å². The lowest BCUT2D eigenvalue weighted by atomic mass is 10.00. The van der Waals surface area contributed by atoms with E-state index >= 15 is 0 Å². The number of urea groups is 1. The van der Waals surface area contributed by atoms with Gasteiger partial charge in [-0.15, -0.1) is 24.0 Å². The van der Waals surface area contributed by atoms with Crippen molar-refractivity contribution in [1.82, 2.24) is 15.1 Å². The van der Waals surface area contributed by atoms with E-state index in [4.69, 9.17) is 4.99 Å². The molecule has 0 aromatic heterocycles. The third-order valence-corrected chi connectivity index (χ3v) is 5.97. The second-order valence-corrected chi connectivity index (χ2v) is 8.29. The van der Waals surface area contributed by atoms with Gasteiger partial charge >= 0.3 is 6.03 Å². The highest BCUT2D eigenvalue weighted by atomic mass is 127. The summed E-state index contributed by atoms with van der Waals surface area (Å²) in [6.07, 6.45) is 5.49. The van der Waals surface area contributed by atoms with Crippen LogP contribution in [-0.2, 0) is 6.54 Å². The van der Waals surface area contributed by atoms with Gasteiger partial charge in [0, 0.05) is 38.4 Å². The Kier molecular flexibility index (Phi) is 9.60. The minimum atomic E-state index is -0.00851. The topological polar surface area (TPSA) is 60.0 Å². The number of amides is 2. The van der Waals surface area contributed by atoms with Crippen LogP contribution in [0.15, 0.2) is 65.7 Å². The van der Waals surface area contributed by atoms with E-state index in [1.807, 2.05) is 23.1 Å². The maximum absolute atomic E-state index is 12.4. The van der Waals surface area contributed by atoms with Gasteiger partial charge in [-0.3, -0.25) is 0 Å². The molecule has 0 spiro atoms. The predicted octanol–water partition coefficient (Wildman–Crippen LogP) is 5.19. The highest BCUT2D eigenvalue weighted by molar-refractivity contribution is 14.0. The molecule has 0 atom stereocenters. The minimum Gasteiger partial charge on any atom is -0.356 e. The van der Waals surface area contributed by atoms with Gasteiger partial charge in [-0.2, -0.15) is 0 Å². The van der Waals surface area contributed by atoms with Crippen LogP contribution < -0.4 is 10.6 Å². The summed E-state index contributed by atoms with van der Waals surface area (Å²) < 4.78 is 0. The molecule has 2 aliphatic rings. The summed E-state index contributed by atoms with van der Waals surface area (Å²) in [5, 5.41) is 6.46. The lowest BCUT2D eigenvalue weighted by Crippen LogP contribution is -2.43. The molecule has 7 heteroatoms. The maximum atomic E-state index is 12.4. The van der Waals surface area contributed by atoms with Crippen molar-refractivity contribution in [2.45, 2.75) is 32.7 Å². The Labute approximate surface area is 214 Å². The number of guanidine groups is 1. The fraction of sp³-hybridized carbons (Fsp3) is 0.385. The Morgan fingerprint density at radius 2 is 1.79 bits per heavy atom. The van der Waals surface area contributed by atoms with E-state index in [-0.39, 0.29) is 30.0 Å². The fourth-order valence-electron chi connectivity index (χ4n) is 4.24. The Balaban J connectivity index is 0.00000306. The van der Waals surface area contributed by atoms with Crippen molar-refractivity contribution in [1.29, 1.82) is 0 Å². The highest BCUT2D eigenvalue weighted by Gasteiger charge is 2.18. The first-order valence-corrected chi connectivity index (χ1v) is 11.7. The standard InChI is InChI=1S/C26H33N5O.HI/c1-2-27-25(30-17-13-23(14-18-30)22-10-4-3-5-11-22)28-20-21-9-8-12-24(19-21)29-26(32)31-15-6-7-16-31;/h3-5,8-13,19H,2,6-7,14-18,20H2,1H3,(H,27,28)(H,29,32);1H. The zero-order valence-electron chi connectivity index (χ0n) is 19.3. The molecular formula is C26H34IN5O. The first-order chi connectivity index (χ1) is 15.7. The lowest BCUT2D eigenvalue weighted by molar-refractivity contribution is 0.222. The normalized spacial score (nSPS) is 16.2. The van der Waals surface area contributed by atoms with Crippen molar-refractivity contribution in [3.63, 3.8) is 0 Å². The second kappa shape index (κ2) is 12.6. The van der Waals surface area contributed by atoms with E-state index in [2.05, 4.69) is 64.9 Å². The molecule has 1 saturated heterocycles. The van der Waals surface area contributed by atoms with E-state index in [0.29, 0.717) is 6.54 Å². The number of rotatable bonds is 5. The van der Waals surface area contributed by atoms with Crippen LogP contribution in [0.4, 0.5) is 10.5 Å². The molecule has 0 unspecified atom stereocenters. The number of anilines is 1. The van der Waals surface area contributed by atoms with Gasteiger partial charge < -0.3 is 20.4 Å². The summed E-state index contributed by atoms with van der Waals surface area (Å²) in [5.74, 6) is 0.933. The van der Waals surface area contributed by atoms with Crippen LogP contribution in [-0.4, -0.2) is 54.5 Å². The van der Waals surface area contributed by atoms with Gasteiger partial charge in [0.15, 0.2) is 5.96 Å². The second-order valence-electron chi connectivity index (χ2n) is 8.29. The number of nitrogens with one attached hydrogen (secondary N) is 2. The summed E-state index contributed by atoms with van der Waals surface area (Å²) in [5.41, 5.74) is 4.62. The molecule has 0 bridgehead atoms. The molecule has 2 aromatic rings. The molecule has 1 fully saturated rings. The third kappa shape index (κ3) is 6.96. The van der Waals surface area contributed by atoms with Crippen molar-refractivity contribution in [3.8, 4) is 0 Å². The summed E-state index contributed by atoms with van der Waals surface area (Å²) in [7, 11) is 0. The highest BCUT2D eigenvalue weighted by Crippen LogP contribution is 2.22. The van der Waals surface area contributed by atoms with Crippen LogP contribution >= 0.6 is 24.0 Å². The molecule has 2 aliphatic heterocycles. The van der Waals surface area contributed by atoms with Crippen molar-refractivity contribution in [2.24, 2.45) is 4.99 Å². The third-order valence-electron chi connectivity index (χ3n) is 5.97. The minimum absolute atomic E-state index is 0. The molecule has 2 heterocycles. The van der Waals surface area contributed by atoms with Crippen LogP contribution in [0.25, 0.3) is 5.57 Å². The van der Waals surface area contributed by atoms with Gasteiger partial charge in [0.1, 0.15) is 0 Å². The number of benzene rings is 2. The maximum Gasteiger partial charge on any atom is 0.321 e. The average molecular weight is 559 g/mol. The summed E-state index contributed by atoms with van der Waals surface area (Å²) in [4.78, 5) is 21.4.